The van der Waals surface area contributed by atoms with Crippen LogP contribution in [0.15, 0.2) is 0 Å². The Labute approximate surface area is 213 Å². The first-order valence-electron chi connectivity index (χ1n) is 15.3. The fourth-order valence-corrected chi connectivity index (χ4v) is 6.20. The zero-order chi connectivity index (χ0) is 25.1. The lowest BCUT2D eigenvalue weighted by molar-refractivity contribution is -0.137. The van der Waals surface area contributed by atoms with Crippen LogP contribution in [0.25, 0.3) is 0 Å². The molecule has 0 aromatic rings. The highest BCUT2D eigenvalue weighted by Crippen LogP contribution is 2.38. The molecule has 0 radical (unpaired) electrons. The molecule has 0 aromatic carbocycles. The van der Waals surface area contributed by atoms with Gasteiger partial charge in [-0.05, 0) is 66.3 Å². The average Bonchev–Trinajstić information content (AvgIpc) is 2.75. The lowest BCUT2D eigenvalue weighted by Gasteiger charge is -2.53. The van der Waals surface area contributed by atoms with Gasteiger partial charge in [-0.15, -0.1) is 0 Å². The first-order valence-corrected chi connectivity index (χ1v) is 15.3. The Morgan fingerprint density at radius 2 is 0.853 bits per heavy atom. The van der Waals surface area contributed by atoms with Crippen molar-refractivity contribution in [2.24, 2.45) is 0 Å². The van der Waals surface area contributed by atoms with E-state index in [1.165, 1.54) is 135 Å². The summed E-state index contributed by atoms with van der Waals surface area (Å²) >= 11 is 0. The summed E-state index contributed by atoms with van der Waals surface area (Å²) in [6, 6.07) is 0. The number of hydrogen-bond acceptors (Lipinski definition) is 2. The molecule has 1 aliphatic heterocycles. The van der Waals surface area contributed by atoms with Crippen LogP contribution in [0, 0.1) is 0 Å². The van der Waals surface area contributed by atoms with Gasteiger partial charge in [-0.2, -0.15) is 0 Å². The molecule has 0 atom stereocenters. The molecule has 202 valence electrons. The SMILES string of the molecule is CC1(C)CCCC(C)(C)N1CCCCCCCCCCCCCCCCCCCCCC(=O)O. The molecular weight excluding hydrogens is 418 g/mol. The van der Waals surface area contributed by atoms with Crippen LogP contribution in [0.2, 0.25) is 0 Å². The summed E-state index contributed by atoms with van der Waals surface area (Å²) in [5.74, 6) is -0.650. The van der Waals surface area contributed by atoms with Crippen molar-refractivity contribution in [3.63, 3.8) is 0 Å². The number of unbranched alkanes of at least 4 members (excludes halogenated alkanes) is 18. The second kappa shape index (κ2) is 18.7. The van der Waals surface area contributed by atoms with E-state index in [1.807, 2.05) is 0 Å². The van der Waals surface area contributed by atoms with Crippen molar-refractivity contribution in [2.75, 3.05) is 6.54 Å². The third kappa shape index (κ3) is 15.4. The van der Waals surface area contributed by atoms with Crippen molar-refractivity contribution in [2.45, 2.75) is 186 Å². The van der Waals surface area contributed by atoms with Crippen LogP contribution in [0.4, 0.5) is 0 Å². The largest absolute Gasteiger partial charge is 0.481 e. The van der Waals surface area contributed by atoms with E-state index in [2.05, 4.69) is 32.6 Å². The predicted octanol–water partition coefficient (Wildman–Crippen LogP) is 9.92. The fourth-order valence-electron chi connectivity index (χ4n) is 6.20. The molecule has 0 unspecified atom stereocenters. The van der Waals surface area contributed by atoms with Crippen LogP contribution >= 0.6 is 0 Å². The van der Waals surface area contributed by atoms with E-state index in [9.17, 15) is 4.79 Å². The van der Waals surface area contributed by atoms with Gasteiger partial charge < -0.3 is 5.11 Å². The topological polar surface area (TPSA) is 40.5 Å². The molecule has 0 aliphatic carbocycles. The monoisotopic (exact) mass is 479 g/mol. The molecule has 0 amide bonds. The van der Waals surface area contributed by atoms with Gasteiger partial charge in [-0.25, -0.2) is 0 Å². The molecule has 3 nitrogen and oxygen atoms in total. The maximum absolute atomic E-state index is 10.5. The van der Waals surface area contributed by atoms with Crippen LogP contribution in [0.1, 0.15) is 175 Å². The summed E-state index contributed by atoms with van der Waals surface area (Å²) in [6.07, 6.45) is 30.1. The molecule has 0 spiro atoms. The number of aliphatic carboxylic acids is 1. The van der Waals surface area contributed by atoms with E-state index in [0.717, 1.165) is 12.8 Å². The Balaban J connectivity index is 1.79. The van der Waals surface area contributed by atoms with E-state index >= 15 is 0 Å². The lowest BCUT2D eigenvalue weighted by Crippen LogP contribution is -2.58. The van der Waals surface area contributed by atoms with Gasteiger partial charge >= 0.3 is 5.97 Å². The summed E-state index contributed by atoms with van der Waals surface area (Å²) in [4.78, 5) is 13.3. The second-order valence-electron chi connectivity index (χ2n) is 12.5. The molecule has 3 heteroatoms. The normalized spacial score (nSPS) is 17.8. The highest BCUT2D eigenvalue weighted by molar-refractivity contribution is 5.66. The first-order chi connectivity index (χ1) is 16.3. The van der Waals surface area contributed by atoms with Crippen molar-refractivity contribution in [1.29, 1.82) is 0 Å². The molecule has 1 aliphatic rings. The molecule has 34 heavy (non-hydrogen) atoms. The summed E-state index contributed by atoms with van der Waals surface area (Å²) in [7, 11) is 0. The maximum atomic E-state index is 10.5. The molecule has 1 rings (SSSR count). The van der Waals surface area contributed by atoms with Gasteiger partial charge in [0.05, 0.1) is 0 Å². The summed E-state index contributed by atoms with van der Waals surface area (Å²) in [5.41, 5.74) is 0.764. The highest BCUT2D eigenvalue weighted by Gasteiger charge is 2.40. The smallest absolute Gasteiger partial charge is 0.303 e. The number of nitrogens with zero attached hydrogens (tertiary/aromatic N) is 1. The van der Waals surface area contributed by atoms with Gasteiger partial charge in [-0.1, -0.05) is 109 Å². The Morgan fingerprint density at radius 1 is 0.559 bits per heavy atom. The Bertz CT molecular complexity index is 484. The van der Waals surface area contributed by atoms with E-state index in [4.69, 9.17) is 5.11 Å². The summed E-state index contributed by atoms with van der Waals surface area (Å²) < 4.78 is 0. The maximum Gasteiger partial charge on any atom is 0.303 e. The van der Waals surface area contributed by atoms with Crippen LogP contribution < -0.4 is 0 Å². The molecular formula is C31H61NO2. The van der Waals surface area contributed by atoms with E-state index in [-0.39, 0.29) is 0 Å². The zero-order valence-corrected chi connectivity index (χ0v) is 23.8. The number of likely N-dealkylation sites (tertiary alicyclic amines) is 1. The van der Waals surface area contributed by atoms with Gasteiger partial charge in [0.15, 0.2) is 0 Å². The quantitative estimate of drug-likeness (QED) is 0.157. The number of carboxylic acids is 1. The van der Waals surface area contributed by atoms with Crippen LogP contribution in [0.3, 0.4) is 0 Å². The van der Waals surface area contributed by atoms with E-state index < -0.39 is 5.97 Å². The number of hydrogen-bond donors (Lipinski definition) is 1. The number of carbonyl (C=O) groups is 1. The minimum atomic E-state index is -0.650. The zero-order valence-electron chi connectivity index (χ0n) is 23.8. The molecule has 0 aromatic heterocycles. The van der Waals surface area contributed by atoms with Crippen LogP contribution in [-0.4, -0.2) is 33.6 Å². The first kappa shape index (κ1) is 31.5. The summed E-state index contributed by atoms with van der Waals surface area (Å²) in [5, 5.41) is 8.62. The number of rotatable bonds is 22. The lowest BCUT2D eigenvalue weighted by atomic mass is 9.79. The molecule has 0 bridgehead atoms. The van der Waals surface area contributed by atoms with Crippen LogP contribution in [-0.2, 0) is 4.79 Å². The van der Waals surface area contributed by atoms with Gasteiger partial charge in [0.2, 0.25) is 0 Å². The minimum absolute atomic E-state index is 0.344. The third-order valence-corrected chi connectivity index (χ3v) is 8.31. The van der Waals surface area contributed by atoms with Gasteiger partial charge in [-0.3, -0.25) is 9.69 Å². The number of piperidine rings is 1. The third-order valence-electron chi connectivity index (χ3n) is 8.31. The van der Waals surface area contributed by atoms with Crippen molar-refractivity contribution in [3.8, 4) is 0 Å². The molecule has 0 saturated carbocycles. The summed E-state index contributed by atoms with van der Waals surface area (Å²) in [6.45, 7) is 11.1. The minimum Gasteiger partial charge on any atom is -0.481 e. The van der Waals surface area contributed by atoms with E-state index in [1.54, 1.807) is 0 Å². The fraction of sp³-hybridized carbons (Fsp3) is 0.968. The molecule has 1 fully saturated rings. The average molecular weight is 480 g/mol. The molecule has 1 saturated heterocycles. The van der Waals surface area contributed by atoms with Crippen LogP contribution in [0.5, 0.6) is 0 Å². The van der Waals surface area contributed by atoms with E-state index in [0.29, 0.717) is 17.5 Å². The molecule has 1 N–H and O–H groups in total. The van der Waals surface area contributed by atoms with Crippen molar-refractivity contribution >= 4 is 5.97 Å². The second-order valence-corrected chi connectivity index (χ2v) is 12.5. The van der Waals surface area contributed by atoms with Gasteiger partial charge in [0.1, 0.15) is 0 Å². The van der Waals surface area contributed by atoms with Gasteiger partial charge in [0.25, 0.3) is 0 Å². The standard InChI is InChI=1S/C31H61NO2/c1-30(2)26-24-27-31(3,4)32(30)28-23-21-19-17-15-13-11-9-7-5-6-8-10-12-14-16-18-20-22-25-29(33)34/h5-28H2,1-4H3,(H,33,34). The number of carboxylic acid groups (broad SMARTS) is 1. The Hall–Kier alpha value is -0.570. The molecule has 1 heterocycles. The van der Waals surface area contributed by atoms with Crippen molar-refractivity contribution < 1.29 is 9.90 Å². The predicted molar refractivity (Wildman–Crippen MR) is 149 cm³/mol. The van der Waals surface area contributed by atoms with Crippen molar-refractivity contribution in [1.82, 2.24) is 4.90 Å². The Morgan fingerprint density at radius 3 is 1.18 bits per heavy atom. The van der Waals surface area contributed by atoms with Crippen molar-refractivity contribution in [3.05, 3.63) is 0 Å². The Kier molecular flexibility index (Phi) is 17.3. The highest BCUT2D eigenvalue weighted by atomic mass is 16.4. The van der Waals surface area contributed by atoms with Gasteiger partial charge in [0, 0.05) is 17.5 Å².